The predicted octanol–water partition coefficient (Wildman–Crippen LogP) is 4.48. The molecule has 4 unspecified atom stereocenters. The molecular formula is C16H28B2. The molecule has 0 heterocycles. The van der Waals surface area contributed by atoms with Crippen molar-refractivity contribution in [2.45, 2.75) is 77.4 Å². The lowest BCUT2D eigenvalue weighted by atomic mass is 9.38. The van der Waals surface area contributed by atoms with Gasteiger partial charge < -0.3 is 0 Å². The third-order valence-electron chi connectivity index (χ3n) is 6.19. The van der Waals surface area contributed by atoms with Crippen molar-refractivity contribution in [3.8, 4) is 0 Å². The van der Waals surface area contributed by atoms with Crippen LogP contribution >= 0.6 is 0 Å². The molecule has 2 aliphatic rings. The Labute approximate surface area is 117 Å². The predicted molar refractivity (Wildman–Crippen MR) is 81.1 cm³/mol. The van der Waals surface area contributed by atoms with Crippen LogP contribution in [0.4, 0.5) is 0 Å². The molecule has 2 bridgehead atoms. The molecule has 98 valence electrons. The standard InChI is InChI=1S/C16H28B2/c1-4-8-15(3,5-2)16(17,18)11-14-10-12-6-7-13(14)9-12/h12-14H,4-11H2,1-3H3. The Morgan fingerprint density at radius 1 is 1.11 bits per heavy atom. The van der Waals surface area contributed by atoms with E-state index in [-0.39, 0.29) is 5.41 Å². The SMILES string of the molecule is [B]C([B])(CC1CC2CCC1C2)C(C)(CC)CCC. The van der Waals surface area contributed by atoms with Gasteiger partial charge in [0.15, 0.2) is 0 Å². The Balaban J connectivity index is 2.01. The molecule has 0 aliphatic heterocycles. The minimum absolute atomic E-state index is 0.101. The van der Waals surface area contributed by atoms with Crippen molar-refractivity contribution in [3.05, 3.63) is 0 Å². The first-order chi connectivity index (χ1) is 8.42. The first-order valence-electron chi connectivity index (χ1n) is 7.99. The van der Waals surface area contributed by atoms with Crippen LogP contribution in [0.25, 0.3) is 0 Å². The van der Waals surface area contributed by atoms with Crippen molar-refractivity contribution >= 4 is 15.7 Å². The van der Waals surface area contributed by atoms with Crippen LogP contribution in [0, 0.1) is 23.2 Å². The van der Waals surface area contributed by atoms with Gasteiger partial charge in [-0.25, -0.2) is 0 Å². The van der Waals surface area contributed by atoms with Gasteiger partial charge in [-0.1, -0.05) is 51.7 Å². The molecular weight excluding hydrogens is 214 g/mol. The highest BCUT2D eigenvalue weighted by Gasteiger charge is 2.45. The van der Waals surface area contributed by atoms with E-state index in [9.17, 15) is 0 Å². The molecule has 2 aliphatic carbocycles. The summed E-state index contributed by atoms with van der Waals surface area (Å²) in [5, 5.41) is -0.479. The first-order valence-corrected chi connectivity index (χ1v) is 7.99. The van der Waals surface area contributed by atoms with Gasteiger partial charge in [-0.15, -0.1) is 0 Å². The molecule has 4 radical (unpaired) electrons. The highest BCUT2D eigenvalue weighted by atomic mass is 14.5. The summed E-state index contributed by atoms with van der Waals surface area (Å²) in [6.45, 7) is 6.77. The Morgan fingerprint density at radius 3 is 2.28 bits per heavy atom. The van der Waals surface area contributed by atoms with Gasteiger partial charge in [0.2, 0.25) is 0 Å². The lowest BCUT2D eigenvalue weighted by Crippen LogP contribution is -2.37. The van der Waals surface area contributed by atoms with Crippen molar-refractivity contribution in [2.24, 2.45) is 23.2 Å². The van der Waals surface area contributed by atoms with E-state index in [1.807, 2.05) is 0 Å². The summed E-state index contributed by atoms with van der Waals surface area (Å²) in [6, 6.07) is 0. The van der Waals surface area contributed by atoms with Crippen molar-refractivity contribution in [1.82, 2.24) is 0 Å². The Kier molecular flexibility index (Phi) is 4.24. The summed E-state index contributed by atoms with van der Waals surface area (Å²) in [5.74, 6) is 2.74. The zero-order valence-electron chi connectivity index (χ0n) is 12.5. The van der Waals surface area contributed by atoms with Crippen LogP contribution in [0.15, 0.2) is 0 Å². The fourth-order valence-corrected chi connectivity index (χ4v) is 4.60. The topological polar surface area (TPSA) is 0 Å². The molecule has 18 heavy (non-hydrogen) atoms. The summed E-state index contributed by atoms with van der Waals surface area (Å²) in [5.41, 5.74) is 0.101. The van der Waals surface area contributed by atoms with Crippen LogP contribution in [0.2, 0.25) is 5.21 Å². The average molecular weight is 242 g/mol. The van der Waals surface area contributed by atoms with Crippen LogP contribution in [0.1, 0.15) is 72.1 Å². The number of rotatable bonds is 6. The highest BCUT2D eigenvalue weighted by Crippen LogP contribution is 2.57. The molecule has 0 amide bonds. The third kappa shape index (κ3) is 2.54. The quantitative estimate of drug-likeness (QED) is 0.602. The molecule has 2 heteroatoms. The Hall–Kier alpha value is 0.130. The summed E-state index contributed by atoms with van der Waals surface area (Å²) < 4.78 is 0. The number of hydrogen-bond donors (Lipinski definition) is 0. The lowest BCUT2D eigenvalue weighted by molar-refractivity contribution is 0.184. The van der Waals surface area contributed by atoms with Gasteiger partial charge in [0.1, 0.15) is 0 Å². The normalized spacial score (nSPS) is 34.7. The minimum atomic E-state index is -0.479. The van der Waals surface area contributed by atoms with Gasteiger partial charge in [-0.05, 0) is 48.9 Å². The zero-order chi connectivity index (χ0) is 13.4. The van der Waals surface area contributed by atoms with Gasteiger partial charge in [-0.2, -0.15) is 0 Å². The molecule has 0 nitrogen and oxygen atoms in total. The maximum Gasteiger partial charge on any atom is 0.0628 e. The molecule has 0 saturated heterocycles. The Bertz CT molecular complexity index is 287. The van der Waals surface area contributed by atoms with Gasteiger partial charge in [0.25, 0.3) is 0 Å². The monoisotopic (exact) mass is 242 g/mol. The average Bonchev–Trinajstić information content (AvgIpc) is 2.90. The highest BCUT2D eigenvalue weighted by molar-refractivity contribution is 6.40. The first kappa shape index (κ1) is 14.5. The van der Waals surface area contributed by atoms with E-state index in [4.69, 9.17) is 15.7 Å². The smallest absolute Gasteiger partial charge is 0.0628 e. The summed E-state index contributed by atoms with van der Waals surface area (Å²) in [4.78, 5) is 0. The van der Waals surface area contributed by atoms with Crippen molar-refractivity contribution in [1.29, 1.82) is 0 Å². The lowest BCUT2D eigenvalue weighted by Gasteiger charge is -2.48. The molecule has 2 fully saturated rings. The zero-order valence-corrected chi connectivity index (χ0v) is 12.5. The van der Waals surface area contributed by atoms with Gasteiger partial charge in [0.05, 0.1) is 15.7 Å². The molecule has 0 aromatic rings. The van der Waals surface area contributed by atoms with E-state index in [1.54, 1.807) is 0 Å². The summed E-state index contributed by atoms with van der Waals surface area (Å²) >= 11 is 0. The van der Waals surface area contributed by atoms with Crippen LogP contribution < -0.4 is 0 Å². The molecule has 0 N–H and O–H groups in total. The van der Waals surface area contributed by atoms with E-state index in [0.29, 0.717) is 0 Å². The van der Waals surface area contributed by atoms with Crippen molar-refractivity contribution < 1.29 is 0 Å². The largest absolute Gasteiger partial charge is 0.0936 e. The fourth-order valence-electron chi connectivity index (χ4n) is 4.60. The minimum Gasteiger partial charge on any atom is -0.0936 e. The van der Waals surface area contributed by atoms with E-state index in [1.165, 1.54) is 32.1 Å². The molecule has 2 saturated carbocycles. The molecule has 0 spiro atoms. The summed E-state index contributed by atoms with van der Waals surface area (Å²) in [6.07, 6.45) is 10.2. The van der Waals surface area contributed by atoms with E-state index in [0.717, 1.165) is 37.0 Å². The van der Waals surface area contributed by atoms with Gasteiger partial charge in [-0.3, -0.25) is 0 Å². The second kappa shape index (κ2) is 5.25. The van der Waals surface area contributed by atoms with Crippen LogP contribution in [-0.4, -0.2) is 15.7 Å². The number of hydrogen-bond acceptors (Lipinski definition) is 0. The molecule has 4 atom stereocenters. The fraction of sp³-hybridized carbons (Fsp3) is 1.00. The van der Waals surface area contributed by atoms with E-state index >= 15 is 0 Å². The van der Waals surface area contributed by atoms with E-state index < -0.39 is 5.21 Å². The molecule has 0 aromatic carbocycles. The molecule has 2 rings (SSSR count). The second-order valence-electron chi connectivity index (χ2n) is 7.34. The van der Waals surface area contributed by atoms with Crippen LogP contribution in [0.5, 0.6) is 0 Å². The van der Waals surface area contributed by atoms with E-state index in [2.05, 4.69) is 20.8 Å². The third-order valence-corrected chi connectivity index (χ3v) is 6.19. The summed E-state index contributed by atoms with van der Waals surface area (Å²) in [7, 11) is 13.2. The maximum atomic E-state index is 6.58. The number of fused-ring (bicyclic) bond motifs is 2. The second-order valence-corrected chi connectivity index (χ2v) is 7.34. The molecule has 0 aromatic heterocycles. The van der Waals surface area contributed by atoms with Crippen LogP contribution in [-0.2, 0) is 0 Å². The van der Waals surface area contributed by atoms with Crippen molar-refractivity contribution in [2.75, 3.05) is 0 Å². The Morgan fingerprint density at radius 2 is 1.83 bits per heavy atom. The van der Waals surface area contributed by atoms with Crippen molar-refractivity contribution in [3.63, 3.8) is 0 Å². The van der Waals surface area contributed by atoms with Gasteiger partial charge in [0, 0.05) is 0 Å². The van der Waals surface area contributed by atoms with Gasteiger partial charge >= 0.3 is 0 Å². The van der Waals surface area contributed by atoms with Crippen LogP contribution in [0.3, 0.4) is 0 Å². The maximum absolute atomic E-state index is 6.58.